The molecule has 0 atom stereocenters. The van der Waals surface area contributed by atoms with Crippen LogP contribution >= 0.6 is 57.3 Å². The van der Waals surface area contributed by atoms with Gasteiger partial charge in [-0.15, -0.1) is 11.3 Å². The molecule has 0 bridgehead atoms. The van der Waals surface area contributed by atoms with Gasteiger partial charge in [0.05, 0.1) is 10.7 Å². The van der Waals surface area contributed by atoms with Gasteiger partial charge in [0, 0.05) is 10.6 Å². The number of nitrogens with zero attached hydrogens (tertiary/aromatic N) is 2. The van der Waals surface area contributed by atoms with Crippen LogP contribution in [0.5, 0.6) is 0 Å². The second-order valence-corrected chi connectivity index (χ2v) is 8.71. The predicted molar refractivity (Wildman–Crippen MR) is 111 cm³/mol. The summed E-state index contributed by atoms with van der Waals surface area (Å²) < 4.78 is 3.19. The van der Waals surface area contributed by atoms with E-state index in [1.54, 1.807) is 12.1 Å². The molecule has 0 saturated carbocycles. The number of thiazole rings is 1. The zero-order valence-electron chi connectivity index (χ0n) is 13.0. The van der Waals surface area contributed by atoms with E-state index in [4.69, 9.17) is 11.6 Å². The molecule has 6 nitrogen and oxygen atoms in total. The van der Waals surface area contributed by atoms with E-state index in [1.165, 1.54) is 34.7 Å². The normalized spacial score (nSPS) is 11.0. The number of rotatable bonds is 4. The van der Waals surface area contributed by atoms with Gasteiger partial charge in [0.1, 0.15) is 21.6 Å². The van der Waals surface area contributed by atoms with E-state index in [0.717, 1.165) is 3.57 Å². The maximum atomic E-state index is 12.6. The van der Waals surface area contributed by atoms with Gasteiger partial charge in [-0.3, -0.25) is 9.36 Å². The molecule has 0 aliphatic heterocycles. The quantitative estimate of drug-likeness (QED) is 0.402. The van der Waals surface area contributed by atoms with Gasteiger partial charge in [0.15, 0.2) is 4.34 Å². The highest BCUT2D eigenvalue weighted by Crippen LogP contribution is 2.33. The second kappa shape index (κ2) is 7.14. The van der Waals surface area contributed by atoms with Crippen LogP contribution in [-0.2, 0) is 7.05 Å². The number of hydrogen-bond donors (Lipinski definition) is 2. The first-order chi connectivity index (χ1) is 11.8. The fraction of sp³-hybridized carbons (Fsp3) is 0.133. The highest BCUT2D eigenvalue weighted by atomic mass is 127. The van der Waals surface area contributed by atoms with Crippen LogP contribution in [0.15, 0.2) is 27.3 Å². The molecule has 0 unspecified atom stereocenters. The summed E-state index contributed by atoms with van der Waals surface area (Å²) in [6.07, 6.45) is 1.83. The van der Waals surface area contributed by atoms with E-state index < -0.39 is 5.97 Å². The van der Waals surface area contributed by atoms with Gasteiger partial charge in [0.2, 0.25) is 0 Å². The van der Waals surface area contributed by atoms with Crippen LogP contribution in [-0.4, -0.2) is 26.9 Å². The monoisotopic (exact) mass is 507 g/mol. The third-order valence-corrected chi connectivity index (χ3v) is 6.50. The minimum absolute atomic E-state index is 0.0525. The molecular formula is C15H11ClIN3O3S2. The Morgan fingerprint density at radius 2 is 2.20 bits per heavy atom. The molecule has 2 heterocycles. The highest BCUT2D eigenvalue weighted by Gasteiger charge is 2.24. The third-order valence-electron chi connectivity index (χ3n) is 3.49. The Labute approximate surface area is 169 Å². The van der Waals surface area contributed by atoms with Crippen molar-refractivity contribution in [3.05, 3.63) is 42.7 Å². The average Bonchev–Trinajstić information content (AvgIpc) is 2.98. The number of nitrogens with one attached hydrogen (secondary N) is 1. The number of benzene rings is 1. The number of pyridine rings is 1. The highest BCUT2D eigenvalue weighted by molar-refractivity contribution is 14.1. The summed E-state index contributed by atoms with van der Waals surface area (Å²) >= 11 is 10.9. The van der Waals surface area contributed by atoms with Crippen molar-refractivity contribution < 1.29 is 9.90 Å². The number of thioether (sulfide) groups is 1. The lowest BCUT2D eigenvalue weighted by molar-refractivity contribution is 0.0699. The Morgan fingerprint density at radius 3 is 2.80 bits per heavy atom. The van der Waals surface area contributed by atoms with E-state index in [9.17, 15) is 14.7 Å². The number of carbonyl (C=O) groups is 1. The maximum Gasteiger partial charge on any atom is 0.341 e. The fourth-order valence-corrected chi connectivity index (χ4v) is 4.75. The van der Waals surface area contributed by atoms with Crippen molar-refractivity contribution in [1.82, 2.24) is 9.55 Å². The zero-order valence-corrected chi connectivity index (χ0v) is 17.5. The third kappa shape index (κ3) is 3.37. The number of aromatic nitrogens is 2. The van der Waals surface area contributed by atoms with E-state index in [-0.39, 0.29) is 22.5 Å². The number of fused-ring (bicyclic) bond motifs is 1. The van der Waals surface area contributed by atoms with Gasteiger partial charge in [-0.05, 0) is 47.0 Å². The van der Waals surface area contributed by atoms with Crippen molar-refractivity contribution in [2.45, 2.75) is 4.34 Å². The molecule has 0 radical (unpaired) electrons. The summed E-state index contributed by atoms with van der Waals surface area (Å²) in [5.41, 5.74) is 0.346. The van der Waals surface area contributed by atoms with Crippen LogP contribution in [0.4, 0.5) is 11.5 Å². The van der Waals surface area contributed by atoms with Crippen LogP contribution in [0.25, 0.3) is 10.2 Å². The Morgan fingerprint density at radius 1 is 1.48 bits per heavy atom. The molecule has 3 rings (SSSR count). The molecule has 0 aliphatic rings. The Kier molecular flexibility index (Phi) is 5.28. The molecule has 2 N–H and O–H groups in total. The first-order valence-electron chi connectivity index (χ1n) is 6.86. The number of aromatic carboxylic acids is 1. The SMILES string of the molecule is CSc1nc2c(C(=O)O)c(Nc3ccc(I)cc3Cl)n(C)c(=O)c2s1. The lowest BCUT2D eigenvalue weighted by Gasteiger charge is -2.15. The molecule has 10 heteroatoms. The predicted octanol–water partition coefficient (Wildman–Crippen LogP) is 4.42. The standard InChI is InChI=1S/C15H11ClIN3O3S2/c1-20-12(18-8-4-3-6(17)5-7(8)16)9(14(22)23)10-11(13(20)21)25-15(19-10)24-2/h3-5,18H,1-2H3,(H,22,23). The number of hydrogen-bond acceptors (Lipinski definition) is 6. The molecule has 25 heavy (non-hydrogen) atoms. The largest absolute Gasteiger partial charge is 0.477 e. The summed E-state index contributed by atoms with van der Waals surface area (Å²) in [4.78, 5) is 28.8. The second-order valence-electron chi connectivity index (χ2n) is 5.00. The molecule has 0 spiro atoms. The Hall–Kier alpha value is -1.30. The molecule has 3 aromatic rings. The van der Waals surface area contributed by atoms with E-state index in [2.05, 4.69) is 32.9 Å². The van der Waals surface area contributed by atoms with Gasteiger partial charge < -0.3 is 10.4 Å². The minimum Gasteiger partial charge on any atom is -0.477 e. The topological polar surface area (TPSA) is 84.2 Å². The van der Waals surface area contributed by atoms with Crippen LogP contribution < -0.4 is 10.9 Å². The number of carboxylic acids is 1. The summed E-state index contributed by atoms with van der Waals surface area (Å²) in [6.45, 7) is 0. The van der Waals surface area contributed by atoms with Gasteiger partial charge in [-0.2, -0.15) is 0 Å². The van der Waals surface area contributed by atoms with Gasteiger partial charge >= 0.3 is 5.97 Å². The van der Waals surface area contributed by atoms with Gasteiger partial charge in [-0.25, -0.2) is 9.78 Å². The van der Waals surface area contributed by atoms with Crippen molar-refractivity contribution in [3.63, 3.8) is 0 Å². The molecule has 0 saturated heterocycles. The van der Waals surface area contributed by atoms with Crippen molar-refractivity contribution in [2.75, 3.05) is 11.6 Å². The summed E-state index contributed by atoms with van der Waals surface area (Å²) in [5.74, 6) is -1.02. The smallest absolute Gasteiger partial charge is 0.341 e. The van der Waals surface area contributed by atoms with Crippen LogP contribution in [0, 0.1) is 3.57 Å². The fourth-order valence-electron chi connectivity index (χ4n) is 2.30. The molecule has 0 fully saturated rings. The summed E-state index contributed by atoms with van der Waals surface area (Å²) in [5, 5.41) is 13.1. The van der Waals surface area contributed by atoms with E-state index in [1.807, 2.05) is 12.3 Å². The molecule has 1 aromatic carbocycles. The van der Waals surface area contributed by atoms with E-state index in [0.29, 0.717) is 19.7 Å². The van der Waals surface area contributed by atoms with Crippen molar-refractivity contribution in [3.8, 4) is 0 Å². The lowest BCUT2D eigenvalue weighted by Crippen LogP contribution is -2.22. The zero-order chi connectivity index (χ0) is 18.3. The number of halogens is 2. The van der Waals surface area contributed by atoms with Crippen LogP contribution in [0.3, 0.4) is 0 Å². The average molecular weight is 508 g/mol. The van der Waals surface area contributed by atoms with E-state index >= 15 is 0 Å². The first-order valence-corrected chi connectivity index (χ1v) is 10.4. The van der Waals surface area contributed by atoms with Gasteiger partial charge in [-0.1, -0.05) is 23.4 Å². The van der Waals surface area contributed by atoms with Crippen molar-refractivity contribution in [2.24, 2.45) is 7.05 Å². The van der Waals surface area contributed by atoms with Crippen molar-refractivity contribution >= 4 is 85.0 Å². The van der Waals surface area contributed by atoms with Crippen LogP contribution in [0.1, 0.15) is 10.4 Å². The Bertz CT molecular complexity index is 1060. The Balaban J connectivity index is 2.29. The number of carboxylic acid groups (broad SMARTS) is 1. The molecule has 0 aliphatic carbocycles. The molecular weight excluding hydrogens is 497 g/mol. The minimum atomic E-state index is -1.16. The lowest BCUT2D eigenvalue weighted by atomic mass is 10.2. The first kappa shape index (κ1) is 18.5. The molecule has 2 aromatic heterocycles. The van der Waals surface area contributed by atoms with Gasteiger partial charge in [0.25, 0.3) is 5.56 Å². The maximum absolute atomic E-state index is 12.6. The summed E-state index contributed by atoms with van der Waals surface area (Å²) in [6, 6.07) is 5.31. The number of anilines is 2. The van der Waals surface area contributed by atoms with Crippen molar-refractivity contribution in [1.29, 1.82) is 0 Å². The molecule has 0 amide bonds. The summed E-state index contributed by atoms with van der Waals surface area (Å²) in [7, 11) is 1.52. The molecule has 130 valence electrons. The van der Waals surface area contributed by atoms with Crippen LogP contribution in [0.2, 0.25) is 5.02 Å².